The summed E-state index contributed by atoms with van der Waals surface area (Å²) in [5.41, 5.74) is 0.128. The van der Waals surface area contributed by atoms with E-state index in [9.17, 15) is 9.59 Å². The quantitative estimate of drug-likeness (QED) is 0.839. The van der Waals surface area contributed by atoms with Gasteiger partial charge < -0.3 is 19.7 Å². The number of carbonyl (C=O) groups excluding carboxylic acids is 1. The van der Waals surface area contributed by atoms with Crippen molar-refractivity contribution >= 4 is 23.4 Å². The summed E-state index contributed by atoms with van der Waals surface area (Å²) in [6, 6.07) is 0.0244. The molecule has 2 saturated heterocycles. The standard InChI is InChI=1S/C13H17ClN4O4/c14-11-10(5-15-17-12(11)19)18-3-1-9(6-18)22-13(20)16-8-2-4-21-7-8/h5,8-9H,1-4,6-7H2,(H,16,20)(H,17,19). The van der Waals surface area contributed by atoms with Gasteiger partial charge in [-0.1, -0.05) is 11.6 Å². The number of amides is 1. The highest BCUT2D eigenvalue weighted by Gasteiger charge is 2.28. The van der Waals surface area contributed by atoms with E-state index in [0.717, 1.165) is 6.42 Å². The summed E-state index contributed by atoms with van der Waals surface area (Å²) < 4.78 is 10.6. The topological polar surface area (TPSA) is 96.6 Å². The number of aromatic amines is 1. The summed E-state index contributed by atoms with van der Waals surface area (Å²) in [5.74, 6) is 0. The van der Waals surface area contributed by atoms with E-state index >= 15 is 0 Å². The predicted molar refractivity (Wildman–Crippen MR) is 79.3 cm³/mol. The molecule has 0 spiro atoms. The van der Waals surface area contributed by atoms with E-state index < -0.39 is 11.7 Å². The molecule has 2 fully saturated rings. The fourth-order valence-electron chi connectivity index (χ4n) is 2.64. The first-order valence-corrected chi connectivity index (χ1v) is 7.54. The van der Waals surface area contributed by atoms with Gasteiger partial charge in [0.2, 0.25) is 0 Å². The molecule has 2 unspecified atom stereocenters. The summed E-state index contributed by atoms with van der Waals surface area (Å²) in [7, 11) is 0. The molecular formula is C13H17ClN4O4. The molecular weight excluding hydrogens is 312 g/mol. The molecule has 120 valence electrons. The van der Waals surface area contributed by atoms with Crippen LogP contribution in [0.1, 0.15) is 12.8 Å². The zero-order valence-corrected chi connectivity index (χ0v) is 12.6. The van der Waals surface area contributed by atoms with Crippen LogP contribution in [0, 0.1) is 0 Å². The van der Waals surface area contributed by atoms with E-state index in [-0.39, 0.29) is 17.2 Å². The minimum atomic E-state index is -0.433. The molecule has 1 amide bonds. The van der Waals surface area contributed by atoms with Gasteiger partial charge in [0.15, 0.2) is 0 Å². The average molecular weight is 329 g/mol. The van der Waals surface area contributed by atoms with E-state index in [2.05, 4.69) is 15.5 Å². The van der Waals surface area contributed by atoms with Gasteiger partial charge in [0.25, 0.3) is 5.56 Å². The van der Waals surface area contributed by atoms with E-state index in [1.807, 2.05) is 4.90 Å². The van der Waals surface area contributed by atoms with Gasteiger partial charge in [-0.15, -0.1) is 0 Å². The molecule has 3 rings (SSSR count). The van der Waals surface area contributed by atoms with Crippen LogP contribution in [0.15, 0.2) is 11.0 Å². The molecule has 0 bridgehead atoms. The maximum absolute atomic E-state index is 11.8. The van der Waals surface area contributed by atoms with Crippen LogP contribution in [-0.2, 0) is 9.47 Å². The Morgan fingerprint density at radius 3 is 3.18 bits per heavy atom. The fourth-order valence-corrected chi connectivity index (χ4v) is 2.85. The van der Waals surface area contributed by atoms with E-state index in [0.29, 0.717) is 38.4 Å². The predicted octanol–water partition coefficient (Wildman–Crippen LogP) is 0.517. The van der Waals surface area contributed by atoms with Crippen molar-refractivity contribution in [2.75, 3.05) is 31.2 Å². The van der Waals surface area contributed by atoms with Gasteiger partial charge in [0.1, 0.15) is 11.1 Å². The highest BCUT2D eigenvalue weighted by atomic mass is 35.5. The smallest absolute Gasteiger partial charge is 0.407 e. The molecule has 1 aromatic rings. The van der Waals surface area contributed by atoms with E-state index in [1.165, 1.54) is 6.20 Å². The lowest BCUT2D eigenvalue weighted by Crippen LogP contribution is -2.38. The highest BCUT2D eigenvalue weighted by Crippen LogP contribution is 2.25. The Balaban J connectivity index is 1.54. The Labute approximate surface area is 131 Å². The van der Waals surface area contributed by atoms with Crippen molar-refractivity contribution in [2.24, 2.45) is 0 Å². The number of H-pyrrole nitrogens is 1. The first-order valence-electron chi connectivity index (χ1n) is 7.16. The summed E-state index contributed by atoms with van der Waals surface area (Å²) >= 11 is 5.98. The third kappa shape index (κ3) is 3.33. The lowest BCUT2D eigenvalue weighted by molar-refractivity contribution is 0.103. The number of carbonyl (C=O) groups is 1. The lowest BCUT2D eigenvalue weighted by Gasteiger charge is -2.19. The summed E-state index contributed by atoms with van der Waals surface area (Å²) in [6.07, 6.45) is 2.31. The largest absolute Gasteiger partial charge is 0.444 e. The number of rotatable bonds is 3. The number of alkyl carbamates (subject to hydrolysis) is 1. The second-order valence-corrected chi connectivity index (χ2v) is 5.74. The summed E-state index contributed by atoms with van der Waals surface area (Å²) in [6.45, 7) is 2.32. The third-order valence-corrected chi connectivity index (χ3v) is 4.15. The minimum absolute atomic E-state index is 0.0244. The van der Waals surface area contributed by atoms with Crippen molar-refractivity contribution in [2.45, 2.75) is 25.0 Å². The first-order chi connectivity index (χ1) is 10.6. The molecule has 1 aromatic heterocycles. The van der Waals surface area contributed by atoms with Gasteiger partial charge in [0.05, 0.1) is 31.1 Å². The SMILES string of the molecule is O=C(NC1CCOC1)OC1CCN(c2cn[nH]c(=O)c2Cl)C1. The van der Waals surface area contributed by atoms with Crippen molar-refractivity contribution in [1.29, 1.82) is 0 Å². The molecule has 0 radical (unpaired) electrons. The molecule has 2 atom stereocenters. The Morgan fingerprint density at radius 2 is 2.41 bits per heavy atom. The zero-order valence-electron chi connectivity index (χ0n) is 11.9. The monoisotopic (exact) mass is 328 g/mol. The molecule has 0 aliphatic carbocycles. The minimum Gasteiger partial charge on any atom is -0.444 e. The maximum atomic E-state index is 11.8. The van der Waals surface area contributed by atoms with Crippen LogP contribution in [0.5, 0.6) is 0 Å². The molecule has 22 heavy (non-hydrogen) atoms. The van der Waals surface area contributed by atoms with Crippen LogP contribution in [0.3, 0.4) is 0 Å². The Hall–Kier alpha value is -1.80. The number of aromatic nitrogens is 2. The van der Waals surface area contributed by atoms with Gasteiger partial charge in [-0.2, -0.15) is 5.10 Å². The van der Waals surface area contributed by atoms with Crippen LogP contribution in [0.4, 0.5) is 10.5 Å². The zero-order chi connectivity index (χ0) is 15.5. The van der Waals surface area contributed by atoms with Gasteiger partial charge in [0, 0.05) is 19.6 Å². The van der Waals surface area contributed by atoms with Crippen LogP contribution >= 0.6 is 11.6 Å². The molecule has 3 heterocycles. The van der Waals surface area contributed by atoms with Crippen molar-refractivity contribution in [1.82, 2.24) is 15.5 Å². The number of hydrogen-bond acceptors (Lipinski definition) is 6. The number of hydrogen-bond donors (Lipinski definition) is 2. The van der Waals surface area contributed by atoms with Crippen LogP contribution < -0.4 is 15.8 Å². The van der Waals surface area contributed by atoms with Crippen molar-refractivity contribution < 1.29 is 14.3 Å². The van der Waals surface area contributed by atoms with Gasteiger partial charge >= 0.3 is 6.09 Å². The van der Waals surface area contributed by atoms with Gasteiger partial charge in [-0.05, 0) is 6.42 Å². The molecule has 2 N–H and O–H groups in total. The highest BCUT2D eigenvalue weighted by molar-refractivity contribution is 6.33. The van der Waals surface area contributed by atoms with Crippen LogP contribution in [0.25, 0.3) is 0 Å². The van der Waals surface area contributed by atoms with E-state index in [1.54, 1.807) is 0 Å². The van der Waals surface area contributed by atoms with Gasteiger partial charge in [-0.3, -0.25) is 4.79 Å². The van der Waals surface area contributed by atoms with Crippen molar-refractivity contribution in [3.05, 3.63) is 21.6 Å². The Bertz CT molecular complexity index is 602. The second kappa shape index (κ2) is 6.53. The summed E-state index contributed by atoms with van der Waals surface area (Å²) in [5, 5.41) is 8.91. The Kier molecular flexibility index (Phi) is 4.49. The number of anilines is 1. The van der Waals surface area contributed by atoms with Crippen molar-refractivity contribution in [3.8, 4) is 0 Å². The maximum Gasteiger partial charge on any atom is 0.407 e. The van der Waals surface area contributed by atoms with Crippen molar-refractivity contribution in [3.63, 3.8) is 0 Å². The molecule has 2 aliphatic heterocycles. The van der Waals surface area contributed by atoms with Crippen LogP contribution in [0.2, 0.25) is 5.02 Å². The lowest BCUT2D eigenvalue weighted by atomic mass is 10.3. The first kappa shape index (κ1) is 15.1. The molecule has 2 aliphatic rings. The third-order valence-electron chi connectivity index (χ3n) is 3.79. The van der Waals surface area contributed by atoms with Gasteiger partial charge in [-0.25, -0.2) is 9.89 Å². The number of nitrogens with one attached hydrogen (secondary N) is 2. The second-order valence-electron chi connectivity index (χ2n) is 5.37. The average Bonchev–Trinajstić information content (AvgIpc) is 3.14. The number of halogens is 1. The molecule has 9 heteroatoms. The number of nitrogens with zero attached hydrogens (tertiary/aromatic N) is 2. The Morgan fingerprint density at radius 1 is 1.55 bits per heavy atom. The fraction of sp³-hybridized carbons (Fsp3) is 0.615. The molecule has 0 saturated carbocycles. The number of ether oxygens (including phenoxy) is 2. The molecule has 8 nitrogen and oxygen atoms in total. The van der Waals surface area contributed by atoms with Crippen LogP contribution in [-0.4, -0.2) is 54.7 Å². The normalized spacial score (nSPS) is 24.5. The molecule has 0 aromatic carbocycles. The van der Waals surface area contributed by atoms with E-state index in [4.69, 9.17) is 21.1 Å². The summed E-state index contributed by atoms with van der Waals surface area (Å²) in [4.78, 5) is 25.2.